The second-order valence-corrected chi connectivity index (χ2v) is 5.67. The number of carbonyl (C=O) groups excluding carboxylic acids is 1. The Bertz CT molecular complexity index is 823. The lowest BCUT2D eigenvalue weighted by atomic mass is 10.1. The van der Waals surface area contributed by atoms with Crippen molar-refractivity contribution in [3.8, 4) is 11.4 Å². The topological polar surface area (TPSA) is 80.9 Å². The highest BCUT2D eigenvalue weighted by molar-refractivity contribution is 5.90. The lowest BCUT2D eigenvalue weighted by Gasteiger charge is -2.06. The number of pyridine rings is 1. The maximum Gasteiger partial charge on any atom is 0.227 e. The molecule has 1 N–H and O–H groups in total. The van der Waals surface area contributed by atoms with Crippen LogP contribution in [-0.4, -0.2) is 21.0 Å². The molecule has 122 valence electrons. The SMILES string of the molecule is Cc1cc(C)cc(NC(=O)CCc2nc(-c3ccncc3)no2)c1. The quantitative estimate of drug-likeness (QED) is 0.779. The summed E-state index contributed by atoms with van der Waals surface area (Å²) in [5, 5.41) is 6.82. The van der Waals surface area contributed by atoms with Crippen molar-refractivity contribution in [1.82, 2.24) is 15.1 Å². The van der Waals surface area contributed by atoms with E-state index in [1.807, 2.05) is 26.0 Å². The number of nitrogens with zero attached hydrogens (tertiary/aromatic N) is 3. The predicted octanol–water partition coefficient (Wildman–Crippen LogP) is 3.32. The van der Waals surface area contributed by atoms with Crippen LogP contribution in [-0.2, 0) is 11.2 Å². The van der Waals surface area contributed by atoms with Gasteiger partial charge in [-0.05, 0) is 49.2 Å². The number of hydrogen-bond donors (Lipinski definition) is 1. The van der Waals surface area contributed by atoms with Crippen molar-refractivity contribution < 1.29 is 9.32 Å². The Balaban J connectivity index is 1.58. The summed E-state index contributed by atoms with van der Waals surface area (Å²) in [5.41, 5.74) is 3.87. The summed E-state index contributed by atoms with van der Waals surface area (Å²) in [5.74, 6) is 0.864. The molecule has 3 rings (SSSR count). The van der Waals surface area contributed by atoms with Crippen LogP contribution in [0.3, 0.4) is 0 Å². The largest absolute Gasteiger partial charge is 0.339 e. The van der Waals surface area contributed by atoms with Gasteiger partial charge in [0.25, 0.3) is 0 Å². The average Bonchev–Trinajstić information content (AvgIpc) is 3.02. The van der Waals surface area contributed by atoms with Gasteiger partial charge in [0, 0.05) is 36.5 Å². The summed E-state index contributed by atoms with van der Waals surface area (Å²) < 4.78 is 5.20. The third kappa shape index (κ3) is 4.04. The molecule has 0 bridgehead atoms. The fraction of sp³-hybridized carbons (Fsp3) is 0.222. The van der Waals surface area contributed by atoms with Gasteiger partial charge in [-0.15, -0.1) is 0 Å². The molecule has 6 heteroatoms. The van der Waals surface area contributed by atoms with E-state index in [9.17, 15) is 4.79 Å². The number of aryl methyl sites for hydroxylation is 3. The summed E-state index contributed by atoms with van der Waals surface area (Å²) in [7, 11) is 0. The first-order valence-corrected chi connectivity index (χ1v) is 7.71. The predicted molar refractivity (Wildman–Crippen MR) is 90.4 cm³/mol. The zero-order chi connectivity index (χ0) is 16.9. The van der Waals surface area contributed by atoms with Crippen LogP contribution >= 0.6 is 0 Å². The Labute approximate surface area is 139 Å². The molecule has 0 radical (unpaired) electrons. The van der Waals surface area contributed by atoms with Crippen molar-refractivity contribution in [3.05, 3.63) is 59.7 Å². The summed E-state index contributed by atoms with van der Waals surface area (Å²) in [4.78, 5) is 20.3. The van der Waals surface area contributed by atoms with Crippen molar-refractivity contribution in [3.63, 3.8) is 0 Å². The molecule has 24 heavy (non-hydrogen) atoms. The smallest absolute Gasteiger partial charge is 0.227 e. The van der Waals surface area contributed by atoms with Gasteiger partial charge in [0.15, 0.2) is 0 Å². The van der Waals surface area contributed by atoms with Crippen LogP contribution in [0.2, 0.25) is 0 Å². The van der Waals surface area contributed by atoms with Gasteiger partial charge in [-0.25, -0.2) is 0 Å². The molecule has 3 aromatic rings. The summed E-state index contributed by atoms with van der Waals surface area (Å²) >= 11 is 0. The van der Waals surface area contributed by atoms with Gasteiger partial charge < -0.3 is 9.84 Å². The van der Waals surface area contributed by atoms with Crippen molar-refractivity contribution in [1.29, 1.82) is 0 Å². The van der Waals surface area contributed by atoms with Crippen LogP contribution in [0.25, 0.3) is 11.4 Å². The van der Waals surface area contributed by atoms with Gasteiger partial charge in [-0.1, -0.05) is 11.2 Å². The highest BCUT2D eigenvalue weighted by Crippen LogP contribution is 2.16. The molecule has 0 saturated carbocycles. The van der Waals surface area contributed by atoms with Crippen molar-refractivity contribution >= 4 is 11.6 Å². The van der Waals surface area contributed by atoms with Gasteiger partial charge in [0.05, 0.1) is 0 Å². The van der Waals surface area contributed by atoms with Crippen molar-refractivity contribution in [2.45, 2.75) is 26.7 Å². The first-order valence-electron chi connectivity index (χ1n) is 7.71. The number of hydrogen-bond acceptors (Lipinski definition) is 5. The van der Waals surface area contributed by atoms with Gasteiger partial charge in [0.2, 0.25) is 17.6 Å². The van der Waals surface area contributed by atoms with E-state index in [1.54, 1.807) is 24.5 Å². The Kier molecular flexibility index (Phi) is 4.65. The van der Waals surface area contributed by atoms with E-state index in [0.717, 1.165) is 22.4 Å². The van der Waals surface area contributed by atoms with Crippen molar-refractivity contribution in [2.24, 2.45) is 0 Å². The molecule has 1 amide bonds. The molecule has 1 aromatic carbocycles. The molecule has 6 nitrogen and oxygen atoms in total. The zero-order valence-corrected chi connectivity index (χ0v) is 13.6. The van der Waals surface area contributed by atoms with Crippen LogP contribution in [0.1, 0.15) is 23.4 Å². The maximum atomic E-state index is 12.1. The Morgan fingerprint density at radius 3 is 2.54 bits per heavy atom. The Morgan fingerprint density at radius 1 is 1.12 bits per heavy atom. The second kappa shape index (κ2) is 7.04. The van der Waals surface area contributed by atoms with Gasteiger partial charge in [0.1, 0.15) is 0 Å². The Hall–Kier alpha value is -3.02. The van der Waals surface area contributed by atoms with Crippen LogP contribution in [0, 0.1) is 13.8 Å². The van der Waals surface area contributed by atoms with E-state index < -0.39 is 0 Å². The number of nitrogens with one attached hydrogen (secondary N) is 1. The summed E-state index contributed by atoms with van der Waals surface area (Å²) in [6.45, 7) is 4.00. The van der Waals surface area contributed by atoms with E-state index in [-0.39, 0.29) is 12.3 Å². The molecule has 0 atom stereocenters. The Morgan fingerprint density at radius 2 is 1.83 bits per heavy atom. The lowest BCUT2D eigenvalue weighted by molar-refractivity contribution is -0.116. The summed E-state index contributed by atoms with van der Waals surface area (Å²) in [6.07, 6.45) is 4.02. The van der Waals surface area contributed by atoms with Crippen molar-refractivity contribution in [2.75, 3.05) is 5.32 Å². The highest BCUT2D eigenvalue weighted by Gasteiger charge is 2.11. The molecule has 2 heterocycles. The van der Waals surface area contributed by atoms with E-state index >= 15 is 0 Å². The number of rotatable bonds is 5. The number of anilines is 1. The molecular weight excluding hydrogens is 304 g/mol. The number of benzene rings is 1. The standard InChI is InChI=1S/C18H18N4O2/c1-12-9-13(2)11-15(10-12)20-16(23)3-4-17-21-18(22-24-17)14-5-7-19-8-6-14/h5-11H,3-4H2,1-2H3,(H,20,23). The lowest BCUT2D eigenvalue weighted by Crippen LogP contribution is -2.12. The first-order chi connectivity index (χ1) is 11.6. The van der Waals surface area contributed by atoms with Crippen LogP contribution < -0.4 is 5.32 Å². The molecule has 0 aliphatic heterocycles. The number of carbonyl (C=O) groups is 1. The van der Waals surface area contributed by atoms with Gasteiger partial charge >= 0.3 is 0 Å². The number of amides is 1. The molecule has 0 fully saturated rings. The fourth-order valence-electron chi connectivity index (χ4n) is 2.47. The van der Waals surface area contributed by atoms with Gasteiger partial charge in [-0.2, -0.15) is 4.98 Å². The average molecular weight is 322 g/mol. The molecular formula is C18H18N4O2. The normalized spacial score (nSPS) is 10.6. The first kappa shape index (κ1) is 15.9. The monoisotopic (exact) mass is 322 g/mol. The molecule has 0 aliphatic rings. The zero-order valence-electron chi connectivity index (χ0n) is 13.6. The second-order valence-electron chi connectivity index (χ2n) is 5.67. The highest BCUT2D eigenvalue weighted by atomic mass is 16.5. The van der Waals surface area contributed by atoms with Crippen LogP contribution in [0.15, 0.2) is 47.2 Å². The van der Waals surface area contributed by atoms with E-state index in [0.29, 0.717) is 18.1 Å². The third-order valence-corrected chi connectivity index (χ3v) is 3.48. The van der Waals surface area contributed by atoms with Gasteiger partial charge in [-0.3, -0.25) is 9.78 Å². The minimum Gasteiger partial charge on any atom is -0.339 e. The summed E-state index contributed by atoms with van der Waals surface area (Å²) in [6, 6.07) is 9.57. The van der Waals surface area contributed by atoms with Crippen LogP contribution in [0.5, 0.6) is 0 Å². The minimum atomic E-state index is -0.0799. The molecule has 0 aliphatic carbocycles. The molecule has 2 aromatic heterocycles. The van der Waals surface area contributed by atoms with Crippen LogP contribution in [0.4, 0.5) is 5.69 Å². The molecule has 0 spiro atoms. The molecule has 0 unspecified atom stereocenters. The third-order valence-electron chi connectivity index (χ3n) is 3.48. The minimum absolute atomic E-state index is 0.0799. The number of aromatic nitrogens is 3. The fourth-order valence-corrected chi connectivity index (χ4v) is 2.47. The van der Waals surface area contributed by atoms with E-state index in [4.69, 9.17) is 4.52 Å². The molecule has 0 saturated heterocycles. The maximum absolute atomic E-state index is 12.1. The van der Waals surface area contributed by atoms with E-state index in [1.165, 1.54) is 0 Å². The van der Waals surface area contributed by atoms with E-state index in [2.05, 4.69) is 26.5 Å².